The van der Waals surface area contributed by atoms with Gasteiger partial charge in [-0.25, -0.2) is 4.68 Å². The number of thiophene rings is 1. The van der Waals surface area contributed by atoms with E-state index in [0.29, 0.717) is 10.8 Å². The molecule has 0 aliphatic heterocycles. The van der Waals surface area contributed by atoms with Crippen molar-refractivity contribution in [1.82, 2.24) is 15.1 Å². The molecule has 2 aromatic heterocycles. The Balaban J connectivity index is 1.77. The number of amides is 1. The highest BCUT2D eigenvalue weighted by atomic mass is 32.1. The van der Waals surface area contributed by atoms with Crippen molar-refractivity contribution in [3.8, 4) is 0 Å². The minimum Gasteiger partial charge on any atom is -0.339 e. The summed E-state index contributed by atoms with van der Waals surface area (Å²) < 4.78 is 1.21. The molecule has 1 unspecified atom stereocenters. The predicted octanol–water partition coefficient (Wildman–Crippen LogP) is 3.82. The Hall–Kier alpha value is -3.25. The molecule has 0 bridgehead atoms. The number of hydrogen-bond acceptors (Lipinski definition) is 4. The number of aryl methyl sites for hydroxylation is 2. The maximum atomic E-state index is 13.2. The van der Waals surface area contributed by atoms with E-state index in [2.05, 4.69) is 10.4 Å². The van der Waals surface area contributed by atoms with Crippen molar-refractivity contribution in [2.24, 2.45) is 7.05 Å². The van der Waals surface area contributed by atoms with Gasteiger partial charge in [0.2, 0.25) is 0 Å². The molecule has 4 rings (SSSR count). The van der Waals surface area contributed by atoms with Crippen LogP contribution in [0.4, 0.5) is 0 Å². The highest BCUT2D eigenvalue weighted by Crippen LogP contribution is 2.27. The Morgan fingerprint density at radius 1 is 1.04 bits per heavy atom. The molecule has 140 valence electrons. The Labute approximate surface area is 166 Å². The van der Waals surface area contributed by atoms with Crippen LogP contribution in [0.5, 0.6) is 0 Å². The van der Waals surface area contributed by atoms with Gasteiger partial charge in [0.1, 0.15) is 0 Å². The molecule has 0 fully saturated rings. The molecule has 0 spiro atoms. The van der Waals surface area contributed by atoms with E-state index in [1.807, 2.05) is 48.7 Å². The zero-order valence-electron chi connectivity index (χ0n) is 15.5. The molecular weight excluding hydrogens is 370 g/mol. The quantitative estimate of drug-likeness (QED) is 0.577. The van der Waals surface area contributed by atoms with Crippen molar-refractivity contribution in [2.45, 2.75) is 13.0 Å². The van der Waals surface area contributed by atoms with Crippen LogP contribution < -0.4 is 10.9 Å². The lowest BCUT2D eigenvalue weighted by atomic mass is 10.0. The maximum Gasteiger partial charge on any atom is 0.274 e. The van der Waals surface area contributed by atoms with E-state index >= 15 is 0 Å². The van der Waals surface area contributed by atoms with Crippen molar-refractivity contribution in [2.75, 3.05) is 0 Å². The van der Waals surface area contributed by atoms with E-state index in [0.717, 1.165) is 16.0 Å². The van der Waals surface area contributed by atoms with Crippen molar-refractivity contribution in [3.63, 3.8) is 0 Å². The molecule has 6 heteroatoms. The zero-order chi connectivity index (χ0) is 19.7. The molecule has 0 aliphatic rings. The SMILES string of the molecule is Cc1ccc(C(NC(=O)c2nn(C)c(=O)c3ccccc23)c2cccs2)cc1. The topological polar surface area (TPSA) is 64.0 Å². The molecule has 1 atom stereocenters. The van der Waals surface area contributed by atoms with Gasteiger partial charge in [0.15, 0.2) is 5.69 Å². The first kappa shape index (κ1) is 18.1. The first-order chi connectivity index (χ1) is 13.5. The van der Waals surface area contributed by atoms with Gasteiger partial charge in [0, 0.05) is 17.3 Å². The van der Waals surface area contributed by atoms with Crippen LogP contribution in [-0.4, -0.2) is 15.7 Å². The van der Waals surface area contributed by atoms with Crippen LogP contribution in [0.15, 0.2) is 70.8 Å². The maximum absolute atomic E-state index is 13.2. The van der Waals surface area contributed by atoms with E-state index in [1.165, 1.54) is 4.68 Å². The average molecular weight is 389 g/mol. The fourth-order valence-corrected chi connectivity index (χ4v) is 4.00. The van der Waals surface area contributed by atoms with Crippen molar-refractivity contribution < 1.29 is 4.79 Å². The summed E-state index contributed by atoms with van der Waals surface area (Å²) in [7, 11) is 1.56. The normalized spacial score (nSPS) is 12.1. The zero-order valence-corrected chi connectivity index (χ0v) is 16.4. The number of hydrogen-bond donors (Lipinski definition) is 1. The fraction of sp³-hybridized carbons (Fsp3) is 0.136. The second-order valence-electron chi connectivity index (χ2n) is 6.66. The van der Waals surface area contributed by atoms with Crippen LogP contribution in [0.2, 0.25) is 0 Å². The molecule has 5 nitrogen and oxygen atoms in total. The number of carbonyl (C=O) groups is 1. The summed E-state index contributed by atoms with van der Waals surface area (Å²) in [6, 6.07) is 18.8. The summed E-state index contributed by atoms with van der Waals surface area (Å²) in [4.78, 5) is 26.6. The molecule has 2 heterocycles. The molecule has 0 aliphatic carbocycles. The largest absolute Gasteiger partial charge is 0.339 e. The van der Waals surface area contributed by atoms with Gasteiger partial charge in [-0.15, -0.1) is 11.3 Å². The number of rotatable bonds is 4. The van der Waals surface area contributed by atoms with E-state index in [4.69, 9.17) is 0 Å². The first-order valence-corrected chi connectivity index (χ1v) is 9.79. The van der Waals surface area contributed by atoms with Crippen molar-refractivity contribution in [3.05, 3.63) is 98.1 Å². The summed E-state index contributed by atoms with van der Waals surface area (Å²) in [6.07, 6.45) is 0. The molecule has 1 amide bonds. The third-order valence-electron chi connectivity index (χ3n) is 4.69. The minimum atomic E-state index is -0.314. The molecule has 0 radical (unpaired) electrons. The standard InChI is InChI=1S/C22H19N3O2S/c1-14-9-11-15(12-10-14)19(18-8-5-13-28-18)23-21(26)20-16-6-3-4-7-17(16)22(27)25(2)24-20/h3-13,19H,1-2H3,(H,23,26). The summed E-state index contributed by atoms with van der Waals surface area (Å²) in [6.45, 7) is 2.03. The molecular formula is C22H19N3O2S. The number of nitrogens with zero attached hydrogens (tertiary/aromatic N) is 2. The van der Waals surface area contributed by atoms with Crippen LogP contribution in [0.3, 0.4) is 0 Å². The van der Waals surface area contributed by atoms with Crippen molar-refractivity contribution >= 4 is 28.0 Å². The highest BCUT2D eigenvalue weighted by Gasteiger charge is 2.22. The van der Waals surface area contributed by atoms with Gasteiger partial charge < -0.3 is 5.32 Å². The summed E-state index contributed by atoms with van der Waals surface area (Å²) in [5.74, 6) is -0.314. The fourth-order valence-electron chi connectivity index (χ4n) is 3.20. The summed E-state index contributed by atoms with van der Waals surface area (Å²) in [5.41, 5.74) is 2.17. The van der Waals surface area contributed by atoms with E-state index < -0.39 is 0 Å². The van der Waals surface area contributed by atoms with E-state index in [9.17, 15) is 9.59 Å². The molecule has 0 saturated heterocycles. The van der Waals surface area contributed by atoms with Gasteiger partial charge in [0.25, 0.3) is 11.5 Å². The van der Waals surface area contributed by atoms with Crippen LogP contribution in [0, 0.1) is 6.92 Å². The van der Waals surface area contributed by atoms with Crippen molar-refractivity contribution in [1.29, 1.82) is 0 Å². The number of fused-ring (bicyclic) bond motifs is 1. The summed E-state index contributed by atoms with van der Waals surface area (Å²) in [5, 5.41) is 10.4. The third-order valence-corrected chi connectivity index (χ3v) is 5.62. The van der Waals surface area contributed by atoms with Crippen LogP contribution in [0.1, 0.15) is 32.5 Å². The lowest BCUT2D eigenvalue weighted by Crippen LogP contribution is -2.32. The van der Waals surface area contributed by atoms with Crippen LogP contribution in [-0.2, 0) is 7.05 Å². The highest BCUT2D eigenvalue weighted by molar-refractivity contribution is 7.10. The molecule has 0 saturated carbocycles. The van der Waals surface area contributed by atoms with E-state index in [1.54, 1.807) is 42.6 Å². The predicted molar refractivity (Wildman–Crippen MR) is 112 cm³/mol. The minimum absolute atomic E-state index is 0.222. The third kappa shape index (κ3) is 3.34. The van der Waals surface area contributed by atoms with Gasteiger partial charge in [0.05, 0.1) is 11.4 Å². The Bertz CT molecular complexity index is 1190. The Kier molecular flexibility index (Phi) is 4.79. The first-order valence-electron chi connectivity index (χ1n) is 8.91. The second kappa shape index (κ2) is 7.40. The number of nitrogens with one attached hydrogen (secondary N) is 1. The van der Waals surface area contributed by atoms with Gasteiger partial charge in [-0.3, -0.25) is 9.59 Å². The number of carbonyl (C=O) groups excluding carboxylic acids is 1. The number of benzene rings is 2. The van der Waals surface area contributed by atoms with E-state index in [-0.39, 0.29) is 23.2 Å². The number of aromatic nitrogens is 2. The summed E-state index contributed by atoms with van der Waals surface area (Å²) >= 11 is 1.59. The van der Waals surface area contributed by atoms with Crippen LogP contribution >= 0.6 is 11.3 Å². The molecule has 1 N–H and O–H groups in total. The molecule has 2 aromatic carbocycles. The van der Waals surface area contributed by atoms with Gasteiger partial charge >= 0.3 is 0 Å². The van der Waals surface area contributed by atoms with Crippen LogP contribution in [0.25, 0.3) is 10.8 Å². The second-order valence-corrected chi connectivity index (χ2v) is 7.63. The lowest BCUT2D eigenvalue weighted by Gasteiger charge is -2.19. The molecule has 28 heavy (non-hydrogen) atoms. The van der Waals surface area contributed by atoms with Gasteiger partial charge in [-0.2, -0.15) is 5.10 Å². The van der Waals surface area contributed by atoms with Gasteiger partial charge in [-0.05, 0) is 30.0 Å². The average Bonchev–Trinajstić information content (AvgIpc) is 3.24. The van der Waals surface area contributed by atoms with Gasteiger partial charge in [-0.1, -0.05) is 54.1 Å². The Morgan fingerprint density at radius 2 is 1.75 bits per heavy atom. The lowest BCUT2D eigenvalue weighted by molar-refractivity contribution is 0.0938. The smallest absolute Gasteiger partial charge is 0.274 e. The molecule has 4 aromatic rings. The monoisotopic (exact) mass is 389 g/mol. The Morgan fingerprint density at radius 3 is 2.43 bits per heavy atom.